The summed E-state index contributed by atoms with van der Waals surface area (Å²) >= 11 is 0. The molecule has 0 aromatic heterocycles. The Morgan fingerprint density at radius 3 is 2.39 bits per heavy atom. The van der Waals surface area contributed by atoms with Crippen molar-refractivity contribution in [1.82, 2.24) is 9.80 Å². The zero-order valence-corrected chi connectivity index (χ0v) is 12.6. The highest BCUT2D eigenvalue weighted by molar-refractivity contribution is 4.91. The molecule has 1 rings (SSSR count). The molecule has 0 saturated carbocycles. The molecule has 1 atom stereocenters. The van der Waals surface area contributed by atoms with Crippen molar-refractivity contribution in [2.75, 3.05) is 46.4 Å². The average Bonchev–Trinajstić information content (AvgIpc) is 2.44. The number of rotatable bonds is 7. The predicted octanol–water partition coefficient (Wildman–Crippen LogP) is 1.16. The van der Waals surface area contributed by atoms with E-state index in [1.54, 1.807) is 0 Å². The van der Waals surface area contributed by atoms with Crippen molar-refractivity contribution >= 4 is 0 Å². The summed E-state index contributed by atoms with van der Waals surface area (Å²) in [5.41, 5.74) is 5.94. The smallest absolute Gasteiger partial charge is 0.0659 e. The maximum atomic E-state index is 5.98. The quantitative estimate of drug-likeness (QED) is 0.743. The number of nitrogens with two attached hydrogens (primary N) is 1. The molecule has 4 heteroatoms. The van der Waals surface area contributed by atoms with Crippen LogP contribution in [-0.2, 0) is 4.74 Å². The lowest BCUT2D eigenvalue weighted by molar-refractivity contribution is -0.0125. The van der Waals surface area contributed by atoms with E-state index in [9.17, 15) is 0 Å². The van der Waals surface area contributed by atoms with Gasteiger partial charge in [0.2, 0.25) is 0 Å². The Morgan fingerprint density at radius 1 is 1.33 bits per heavy atom. The SMILES string of the molecule is CCOCC(C)(CN)N(C)C1CCN(CC)CC1. The summed E-state index contributed by atoms with van der Waals surface area (Å²) in [7, 11) is 2.21. The Morgan fingerprint density at radius 2 is 1.94 bits per heavy atom. The average molecular weight is 257 g/mol. The third-order valence-corrected chi connectivity index (χ3v) is 4.46. The maximum absolute atomic E-state index is 5.98. The van der Waals surface area contributed by atoms with Crippen LogP contribution in [0.2, 0.25) is 0 Å². The van der Waals surface area contributed by atoms with E-state index in [2.05, 4.69) is 30.7 Å². The monoisotopic (exact) mass is 257 g/mol. The molecule has 1 aliphatic rings. The van der Waals surface area contributed by atoms with Crippen LogP contribution in [0.1, 0.15) is 33.6 Å². The minimum absolute atomic E-state index is 0.0327. The van der Waals surface area contributed by atoms with E-state index in [-0.39, 0.29) is 5.54 Å². The van der Waals surface area contributed by atoms with Crippen LogP contribution in [0.4, 0.5) is 0 Å². The van der Waals surface area contributed by atoms with Crippen molar-refractivity contribution in [3.05, 3.63) is 0 Å². The minimum Gasteiger partial charge on any atom is -0.380 e. The second-order valence-electron chi connectivity index (χ2n) is 5.61. The molecule has 1 saturated heterocycles. The van der Waals surface area contributed by atoms with Gasteiger partial charge in [-0.05, 0) is 53.4 Å². The standard InChI is InChI=1S/C14H31N3O/c1-5-17-9-7-13(8-10-17)16(4)14(3,11-15)12-18-6-2/h13H,5-12,15H2,1-4H3. The highest BCUT2D eigenvalue weighted by Gasteiger charge is 2.34. The van der Waals surface area contributed by atoms with Gasteiger partial charge in [0.1, 0.15) is 0 Å². The Bertz CT molecular complexity index is 229. The first-order valence-electron chi connectivity index (χ1n) is 7.30. The van der Waals surface area contributed by atoms with Gasteiger partial charge in [0, 0.05) is 19.2 Å². The van der Waals surface area contributed by atoms with Crippen LogP contribution in [0.5, 0.6) is 0 Å². The van der Waals surface area contributed by atoms with Gasteiger partial charge in [-0.2, -0.15) is 0 Å². The maximum Gasteiger partial charge on any atom is 0.0659 e. The lowest BCUT2D eigenvalue weighted by Gasteiger charge is -2.45. The molecule has 4 nitrogen and oxygen atoms in total. The van der Waals surface area contributed by atoms with Gasteiger partial charge in [0.15, 0.2) is 0 Å². The first kappa shape index (κ1) is 15.9. The number of hydrogen-bond acceptors (Lipinski definition) is 4. The first-order valence-corrected chi connectivity index (χ1v) is 7.30. The van der Waals surface area contributed by atoms with Gasteiger partial charge in [-0.1, -0.05) is 6.92 Å². The van der Waals surface area contributed by atoms with Crippen LogP contribution in [-0.4, -0.2) is 67.8 Å². The fourth-order valence-electron chi connectivity index (χ4n) is 2.69. The van der Waals surface area contributed by atoms with Crippen LogP contribution in [0.15, 0.2) is 0 Å². The molecular weight excluding hydrogens is 226 g/mol. The third kappa shape index (κ3) is 3.92. The van der Waals surface area contributed by atoms with Crippen LogP contribution < -0.4 is 5.73 Å². The van der Waals surface area contributed by atoms with Crippen molar-refractivity contribution in [1.29, 1.82) is 0 Å². The summed E-state index contributed by atoms with van der Waals surface area (Å²) in [6.07, 6.45) is 2.48. The largest absolute Gasteiger partial charge is 0.380 e. The van der Waals surface area contributed by atoms with Gasteiger partial charge in [0.25, 0.3) is 0 Å². The van der Waals surface area contributed by atoms with E-state index < -0.39 is 0 Å². The van der Waals surface area contributed by atoms with Gasteiger partial charge >= 0.3 is 0 Å². The molecule has 0 aromatic rings. The van der Waals surface area contributed by atoms with E-state index in [0.29, 0.717) is 12.6 Å². The molecule has 2 N–H and O–H groups in total. The van der Waals surface area contributed by atoms with E-state index in [1.165, 1.54) is 32.5 Å². The Hall–Kier alpha value is -0.160. The molecule has 1 aliphatic heterocycles. The van der Waals surface area contributed by atoms with Gasteiger partial charge in [0.05, 0.1) is 12.1 Å². The normalized spacial score (nSPS) is 22.3. The second-order valence-corrected chi connectivity index (χ2v) is 5.61. The van der Waals surface area contributed by atoms with Crippen molar-refractivity contribution in [2.24, 2.45) is 5.73 Å². The van der Waals surface area contributed by atoms with Crippen molar-refractivity contribution in [2.45, 2.75) is 45.2 Å². The lowest BCUT2D eigenvalue weighted by atomic mass is 9.95. The number of hydrogen-bond donors (Lipinski definition) is 1. The molecule has 0 spiro atoms. The zero-order chi connectivity index (χ0) is 13.6. The van der Waals surface area contributed by atoms with Crippen LogP contribution >= 0.6 is 0 Å². The van der Waals surface area contributed by atoms with Crippen molar-refractivity contribution < 1.29 is 4.74 Å². The molecule has 1 fully saturated rings. The molecule has 1 unspecified atom stereocenters. The number of likely N-dealkylation sites (N-methyl/N-ethyl adjacent to an activating group) is 1. The van der Waals surface area contributed by atoms with Gasteiger partial charge in [-0.25, -0.2) is 0 Å². The lowest BCUT2D eigenvalue weighted by Crippen LogP contribution is -2.58. The van der Waals surface area contributed by atoms with E-state index >= 15 is 0 Å². The summed E-state index contributed by atoms with van der Waals surface area (Å²) in [5, 5.41) is 0. The highest BCUT2D eigenvalue weighted by Crippen LogP contribution is 2.23. The molecule has 18 heavy (non-hydrogen) atoms. The summed E-state index contributed by atoms with van der Waals surface area (Å²) in [6.45, 7) is 12.2. The first-order chi connectivity index (χ1) is 8.57. The Balaban J connectivity index is 2.53. The number of ether oxygens (including phenoxy) is 1. The van der Waals surface area contributed by atoms with E-state index in [1.807, 2.05) is 6.92 Å². The number of nitrogens with zero attached hydrogens (tertiary/aromatic N) is 2. The summed E-state index contributed by atoms with van der Waals surface area (Å²) in [6, 6.07) is 0.641. The van der Waals surface area contributed by atoms with Crippen molar-refractivity contribution in [3.8, 4) is 0 Å². The number of likely N-dealkylation sites (tertiary alicyclic amines) is 1. The molecule has 108 valence electrons. The fourth-order valence-corrected chi connectivity index (χ4v) is 2.69. The summed E-state index contributed by atoms with van der Waals surface area (Å²) < 4.78 is 5.61. The Labute approximate surface area is 112 Å². The van der Waals surface area contributed by atoms with Gasteiger partial charge in [-0.15, -0.1) is 0 Å². The van der Waals surface area contributed by atoms with Gasteiger partial charge in [-0.3, -0.25) is 4.90 Å². The summed E-state index contributed by atoms with van der Waals surface area (Å²) in [4.78, 5) is 4.97. The van der Waals surface area contributed by atoms with Crippen LogP contribution in [0.3, 0.4) is 0 Å². The van der Waals surface area contributed by atoms with Crippen molar-refractivity contribution in [3.63, 3.8) is 0 Å². The summed E-state index contributed by atoms with van der Waals surface area (Å²) in [5.74, 6) is 0. The Kier molecular flexibility index (Phi) is 6.57. The van der Waals surface area contributed by atoms with E-state index in [4.69, 9.17) is 10.5 Å². The zero-order valence-electron chi connectivity index (χ0n) is 12.6. The minimum atomic E-state index is -0.0327. The fraction of sp³-hybridized carbons (Fsp3) is 1.00. The van der Waals surface area contributed by atoms with Crippen LogP contribution in [0, 0.1) is 0 Å². The molecule has 0 bridgehead atoms. The molecule has 0 aromatic carbocycles. The number of piperidine rings is 1. The predicted molar refractivity (Wildman–Crippen MR) is 76.9 cm³/mol. The topological polar surface area (TPSA) is 41.7 Å². The molecule has 0 aliphatic carbocycles. The second kappa shape index (κ2) is 7.43. The molecule has 0 radical (unpaired) electrons. The van der Waals surface area contributed by atoms with Crippen LogP contribution in [0.25, 0.3) is 0 Å². The molecule has 1 heterocycles. The molecular formula is C14H31N3O. The van der Waals surface area contributed by atoms with E-state index in [0.717, 1.165) is 13.2 Å². The van der Waals surface area contributed by atoms with Gasteiger partial charge < -0.3 is 15.4 Å². The molecule has 0 amide bonds. The third-order valence-electron chi connectivity index (χ3n) is 4.46. The highest BCUT2D eigenvalue weighted by atomic mass is 16.5.